The molecule has 0 radical (unpaired) electrons. The van der Waals surface area contributed by atoms with E-state index in [0.717, 1.165) is 4.88 Å². The summed E-state index contributed by atoms with van der Waals surface area (Å²) in [7, 11) is -1.80. The van der Waals surface area contributed by atoms with Crippen molar-refractivity contribution < 1.29 is 8.42 Å². The minimum Gasteiger partial charge on any atom is -0.310 e. The van der Waals surface area contributed by atoms with Crippen molar-refractivity contribution in [2.24, 2.45) is 7.05 Å². The van der Waals surface area contributed by atoms with E-state index in [9.17, 15) is 8.42 Å². The van der Waals surface area contributed by atoms with Gasteiger partial charge in [0, 0.05) is 30.7 Å². The van der Waals surface area contributed by atoms with E-state index in [-0.39, 0.29) is 0 Å². The average Bonchev–Trinajstić information content (AvgIpc) is 2.95. The number of thiophene rings is 1. The molecule has 2 N–H and O–H groups in total. The zero-order valence-corrected chi connectivity index (χ0v) is 13.3. The molecule has 0 aliphatic rings. The maximum Gasteiger partial charge on any atom is 0.271 e. The molecule has 6 nitrogen and oxygen atoms in total. The molecule has 2 aromatic heterocycles. The summed E-state index contributed by atoms with van der Waals surface area (Å²) >= 11 is 1.27. The zero-order valence-electron chi connectivity index (χ0n) is 11.6. The molecule has 0 bridgehead atoms. The second-order valence-corrected chi connectivity index (χ2v) is 7.84. The zero-order chi connectivity index (χ0) is 14.8. The largest absolute Gasteiger partial charge is 0.310 e. The second-order valence-electron chi connectivity index (χ2n) is 4.76. The van der Waals surface area contributed by atoms with Crippen LogP contribution in [0, 0.1) is 0 Å². The van der Waals surface area contributed by atoms with Gasteiger partial charge in [-0.3, -0.25) is 9.40 Å². The van der Waals surface area contributed by atoms with Crippen molar-refractivity contribution in [3.05, 3.63) is 29.4 Å². The van der Waals surface area contributed by atoms with Gasteiger partial charge in [0.15, 0.2) is 0 Å². The van der Waals surface area contributed by atoms with Gasteiger partial charge in [0.25, 0.3) is 10.0 Å². The first-order valence-corrected chi connectivity index (χ1v) is 8.50. The Kier molecular flexibility index (Phi) is 4.46. The molecule has 0 saturated heterocycles. The van der Waals surface area contributed by atoms with E-state index in [4.69, 9.17) is 0 Å². The van der Waals surface area contributed by atoms with Crippen LogP contribution in [0.15, 0.2) is 28.7 Å². The van der Waals surface area contributed by atoms with Crippen molar-refractivity contribution in [3.8, 4) is 0 Å². The third kappa shape index (κ3) is 3.81. The molecule has 0 saturated carbocycles. The summed E-state index contributed by atoms with van der Waals surface area (Å²) in [6.45, 7) is 4.77. The van der Waals surface area contributed by atoms with E-state index in [0.29, 0.717) is 22.5 Å². The fourth-order valence-electron chi connectivity index (χ4n) is 1.58. The van der Waals surface area contributed by atoms with Gasteiger partial charge in [0.1, 0.15) is 4.21 Å². The summed E-state index contributed by atoms with van der Waals surface area (Å²) in [4.78, 5) is 0.991. The number of aromatic nitrogens is 2. The normalized spacial score (nSPS) is 12.0. The standard InChI is InChI=1S/C12H18N4O2S2/c1-9(2)13-7-11-4-5-12(19-11)20(17,18)15-10-6-14-16(3)8-10/h4-6,8-9,13,15H,7H2,1-3H3. The highest BCUT2D eigenvalue weighted by Gasteiger charge is 2.17. The SMILES string of the molecule is CC(C)NCc1ccc(S(=O)(=O)Nc2cnn(C)c2)s1. The van der Waals surface area contributed by atoms with Gasteiger partial charge in [-0.2, -0.15) is 5.10 Å². The Balaban J connectivity index is 2.09. The minimum atomic E-state index is -3.53. The molecule has 0 fully saturated rings. The van der Waals surface area contributed by atoms with Crippen LogP contribution in [-0.4, -0.2) is 24.2 Å². The fourth-order valence-corrected chi connectivity index (χ4v) is 3.92. The Bertz CT molecular complexity index is 673. The Morgan fingerprint density at radius 1 is 1.40 bits per heavy atom. The van der Waals surface area contributed by atoms with Crippen molar-refractivity contribution in [2.75, 3.05) is 4.72 Å². The quantitative estimate of drug-likeness (QED) is 0.852. The Morgan fingerprint density at radius 3 is 2.75 bits per heavy atom. The topological polar surface area (TPSA) is 76.0 Å². The van der Waals surface area contributed by atoms with Gasteiger partial charge in [-0.1, -0.05) is 13.8 Å². The van der Waals surface area contributed by atoms with Crippen LogP contribution in [0.25, 0.3) is 0 Å². The second kappa shape index (κ2) is 5.94. The van der Waals surface area contributed by atoms with E-state index in [1.807, 2.05) is 6.07 Å². The van der Waals surface area contributed by atoms with E-state index in [1.165, 1.54) is 17.5 Å². The highest BCUT2D eigenvalue weighted by atomic mass is 32.2. The predicted molar refractivity (Wildman–Crippen MR) is 80.3 cm³/mol. The molecule has 0 spiro atoms. The number of anilines is 1. The number of nitrogens with zero attached hydrogens (tertiary/aromatic N) is 2. The Hall–Kier alpha value is -1.38. The van der Waals surface area contributed by atoms with Gasteiger partial charge < -0.3 is 5.32 Å². The van der Waals surface area contributed by atoms with Crippen molar-refractivity contribution in [2.45, 2.75) is 30.6 Å². The first-order valence-electron chi connectivity index (χ1n) is 6.20. The number of sulfonamides is 1. The molecule has 8 heteroatoms. The summed E-state index contributed by atoms with van der Waals surface area (Å²) in [5.74, 6) is 0. The lowest BCUT2D eigenvalue weighted by molar-refractivity contribution is 0.593. The number of nitrogens with one attached hydrogen (secondary N) is 2. The van der Waals surface area contributed by atoms with Gasteiger partial charge in [0.2, 0.25) is 0 Å². The number of aryl methyl sites for hydroxylation is 1. The smallest absolute Gasteiger partial charge is 0.271 e. The van der Waals surface area contributed by atoms with E-state index in [1.54, 1.807) is 24.0 Å². The molecular weight excluding hydrogens is 296 g/mol. The number of hydrogen-bond acceptors (Lipinski definition) is 5. The molecule has 110 valence electrons. The highest BCUT2D eigenvalue weighted by Crippen LogP contribution is 2.23. The molecule has 0 amide bonds. The van der Waals surface area contributed by atoms with Crippen LogP contribution in [0.4, 0.5) is 5.69 Å². The van der Waals surface area contributed by atoms with E-state index >= 15 is 0 Å². The summed E-state index contributed by atoms with van der Waals surface area (Å²) in [5.41, 5.74) is 0.461. The molecule has 0 aliphatic heterocycles. The van der Waals surface area contributed by atoms with Crippen LogP contribution in [-0.2, 0) is 23.6 Å². The molecule has 20 heavy (non-hydrogen) atoms. The van der Waals surface area contributed by atoms with Crippen molar-refractivity contribution in [1.29, 1.82) is 0 Å². The third-order valence-corrected chi connectivity index (χ3v) is 5.50. The summed E-state index contributed by atoms with van der Waals surface area (Å²) in [6, 6.07) is 3.82. The summed E-state index contributed by atoms with van der Waals surface area (Å²) in [6.07, 6.45) is 3.10. The molecule has 0 atom stereocenters. The first kappa shape index (κ1) is 15.0. The van der Waals surface area contributed by atoms with Crippen molar-refractivity contribution in [1.82, 2.24) is 15.1 Å². The minimum absolute atomic E-state index is 0.307. The first-order chi connectivity index (χ1) is 9.37. The molecule has 2 rings (SSSR count). The van der Waals surface area contributed by atoms with Gasteiger partial charge in [-0.25, -0.2) is 8.42 Å². The maximum absolute atomic E-state index is 12.2. The van der Waals surface area contributed by atoms with Crippen LogP contribution in [0.5, 0.6) is 0 Å². The van der Waals surface area contributed by atoms with Crippen LogP contribution in [0.2, 0.25) is 0 Å². The van der Waals surface area contributed by atoms with Gasteiger partial charge in [0.05, 0.1) is 11.9 Å². The lowest BCUT2D eigenvalue weighted by atomic mass is 10.4. The number of hydrogen-bond donors (Lipinski definition) is 2. The van der Waals surface area contributed by atoms with Crippen LogP contribution < -0.4 is 10.0 Å². The average molecular weight is 314 g/mol. The molecule has 0 aromatic carbocycles. The van der Waals surface area contributed by atoms with E-state index < -0.39 is 10.0 Å². The van der Waals surface area contributed by atoms with Crippen LogP contribution in [0.3, 0.4) is 0 Å². The molecular formula is C12H18N4O2S2. The number of rotatable bonds is 6. The fraction of sp³-hybridized carbons (Fsp3) is 0.417. The van der Waals surface area contributed by atoms with Gasteiger partial charge >= 0.3 is 0 Å². The maximum atomic E-state index is 12.2. The lowest BCUT2D eigenvalue weighted by Gasteiger charge is -2.05. The van der Waals surface area contributed by atoms with Crippen LogP contribution in [0.1, 0.15) is 18.7 Å². The highest BCUT2D eigenvalue weighted by molar-refractivity contribution is 7.94. The third-order valence-electron chi connectivity index (χ3n) is 2.54. The monoisotopic (exact) mass is 314 g/mol. The summed E-state index contributed by atoms with van der Waals surface area (Å²) < 4.78 is 28.8. The van der Waals surface area contributed by atoms with Gasteiger partial charge in [-0.05, 0) is 12.1 Å². The molecule has 0 unspecified atom stereocenters. The van der Waals surface area contributed by atoms with E-state index in [2.05, 4.69) is 29.0 Å². The lowest BCUT2D eigenvalue weighted by Crippen LogP contribution is -2.21. The Morgan fingerprint density at radius 2 is 2.15 bits per heavy atom. The van der Waals surface area contributed by atoms with Crippen molar-refractivity contribution in [3.63, 3.8) is 0 Å². The Labute approximate surface area is 122 Å². The summed E-state index contributed by atoms with van der Waals surface area (Å²) in [5, 5.41) is 7.19. The van der Waals surface area contributed by atoms with Crippen LogP contribution >= 0.6 is 11.3 Å². The molecule has 2 heterocycles. The molecule has 0 aliphatic carbocycles. The molecule has 2 aromatic rings. The van der Waals surface area contributed by atoms with Gasteiger partial charge in [-0.15, -0.1) is 11.3 Å². The van der Waals surface area contributed by atoms with Crippen molar-refractivity contribution >= 4 is 27.0 Å². The predicted octanol–water partition coefficient (Wildman–Crippen LogP) is 1.78.